The van der Waals surface area contributed by atoms with E-state index in [1.54, 1.807) is 7.11 Å². The van der Waals surface area contributed by atoms with Crippen LogP contribution >= 0.6 is 0 Å². The molecule has 4 nitrogen and oxygen atoms in total. The zero-order valence-electron chi connectivity index (χ0n) is 8.77. The van der Waals surface area contributed by atoms with E-state index in [0.29, 0.717) is 5.88 Å². The third kappa shape index (κ3) is 1.54. The number of nitrogens with zero attached hydrogens (tertiary/aromatic N) is 2. The summed E-state index contributed by atoms with van der Waals surface area (Å²) in [5, 5.41) is 4.13. The molecule has 0 bridgehead atoms. The van der Waals surface area contributed by atoms with Gasteiger partial charge in [-0.3, -0.25) is 0 Å². The van der Waals surface area contributed by atoms with Gasteiger partial charge in [0.1, 0.15) is 0 Å². The molecular formula is C11H13N3O. The molecule has 0 unspecified atom stereocenters. The highest BCUT2D eigenvalue weighted by Gasteiger charge is 2.15. The van der Waals surface area contributed by atoms with Crippen molar-refractivity contribution in [2.24, 2.45) is 0 Å². The van der Waals surface area contributed by atoms with Gasteiger partial charge in [0.25, 0.3) is 0 Å². The van der Waals surface area contributed by atoms with Gasteiger partial charge in [-0.15, -0.1) is 4.79 Å². The largest absolute Gasteiger partial charge is 0.480 e. The Kier molecular flexibility index (Phi) is 2.33. The Morgan fingerprint density at radius 2 is 1.93 bits per heavy atom. The lowest BCUT2D eigenvalue weighted by Crippen LogP contribution is -2.11. The van der Waals surface area contributed by atoms with Crippen LogP contribution in [0.15, 0.2) is 30.3 Å². The lowest BCUT2D eigenvalue weighted by atomic mass is 10.1. The van der Waals surface area contributed by atoms with Gasteiger partial charge in [-0.1, -0.05) is 30.3 Å². The minimum absolute atomic E-state index is 0.582. The number of benzene rings is 1. The Morgan fingerprint density at radius 1 is 1.27 bits per heavy atom. The fourth-order valence-electron chi connectivity index (χ4n) is 1.66. The lowest BCUT2D eigenvalue weighted by molar-refractivity contribution is 0.380. The van der Waals surface area contributed by atoms with Gasteiger partial charge in [-0.2, -0.15) is 5.10 Å². The molecule has 0 aliphatic rings. The summed E-state index contributed by atoms with van der Waals surface area (Å²) in [6.45, 7) is 1.91. The van der Waals surface area contributed by atoms with Gasteiger partial charge in [0, 0.05) is 0 Å². The third-order valence-electron chi connectivity index (χ3n) is 2.30. The van der Waals surface area contributed by atoms with Crippen molar-refractivity contribution < 1.29 is 4.74 Å². The van der Waals surface area contributed by atoms with Crippen molar-refractivity contribution in [1.29, 1.82) is 0 Å². The second kappa shape index (κ2) is 3.65. The molecule has 0 atom stereocenters. The second-order valence-electron chi connectivity index (χ2n) is 3.28. The normalized spacial score (nSPS) is 10.3. The van der Waals surface area contributed by atoms with Gasteiger partial charge in [-0.25, -0.2) is 0 Å². The fraction of sp³-hybridized carbons (Fsp3) is 0.182. The van der Waals surface area contributed by atoms with E-state index in [0.717, 1.165) is 16.8 Å². The summed E-state index contributed by atoms with van der Waals surface area (Å²) in [4.78, 5) is 1.26. The van der Waals surface area contributed by atoms with Crippen LogP contribution in [-0.4, -0.2) is 17.0 Å². The number of hydrogen-bond donors (Lipinski definition) is 1. The van der Waals surface area contributed by atoms with E-state index in [1.807, 2.05) is 37.3 Å². The third-order valence-corrected chi connectivity index (χ3v) is 2.30. The van der Waals surface area contributed by atoms with Crippen molar-refractivity contribution in [3.63, 3.8) is 0 Å². The average Bonchev–Trinajstić information content (AvgIpc) is 2.54. The molecule has 1 aromatic carbocycles. The molecule has 1 aromatic heterocycles. The summed E-state index contributed by atoms with van der Waals surface area (Å²) in [6.07, 6.45) is 0. The summed E-state index contributed by atoms with van der Waals surface area (Å²) in [5.74, 6) is 6.25. The average molecular weight is 203 g/mol. The smallest absolute Gasteiger partial charge is 0.239 e. The molecule has 0 radical (unpaired) electrons. The van der Waals surface area contributed by atoms with Crippen LogP contribution in [0, 0.1) is 6.92 Å². The van der Waals surface area contributed by atoms with Gasteiger partial charge >= 0.3 is 0 Å². The van der Waals surface area contributed by atoms with E-state index in [2.05, 4.69) is 5.10 Å². The van der Waals surface area contributed by atoms with Crippen LogP contribution < -0.4 is 10.6 Å². The Labute approximate surface area is 88.2 Å². The molecule has 15 heavy (non-hydrogen) atoms. The number of hydrogen-bond acceptors (Lipinski definition) is 3. The summed E-state index contributed by atoms with van der Waals surface area (Å²) >= 11 is 0. The van der Waals surface area contributed by atoms with E-state index >= 15 is 0 Å². The second-order valence-corrected chi connectivity index (χ2v) is 3.28. The first-order chi connectivity index (χ1) is 7.24. The van der Waals surface area contributed by atoms with Crippen LogP contribution in [-0.2, 0) is 0 Å². The Bertz CT molecular complexity index is 462. The minimum atomic E-state index is 0.582. The number of nitrogen functional groups attached to an aromatic ring is 1. The highest BCUT2D eigenvalue weighted by atomic mass is 16.5. The number of methoxy groups -OCH3 is 1. The van der Waals surface area contributed by atoms with Crippen LogP contribution in [0.5, 0.6) is 5.88 Å². The standard InChI is InChI=1S/C11H13N3O/c1-8-10(9-6-4-3-5-7-9)11(15-2)14(12)13-8/h3-7H,12H2,1-2H3. The highest BCUT2D eigenvalue weighted by molar-refractivity contribution is 5.71. The zero-order chi connectivity index (χ0) is 10.8. The highest BCUT2D eigenvalue weighted by Crippen LogP contribution is 2.31. The first kappa shape index (κ1) is 9.58. The molecule has 4 heteroatoms. The van der Waals surface area contributed by atoms with Gasteiger partial charge < -0.3 is 10.6 Å². The van der Waals surface area contributed by atoms with Crippen LogP contribution in [0.25, 0.3) is 11.1 Å². The van der Waals surface area contributed by atoms with Crippen molar-refractivity contribution >= 4 is 0 Å². The number of aryl methyl sites for hydroxylation is 1. The van der Waals surface area contributed by atoms with E-state index < -0.39 is 0 Å². The van der Waals surface area contributed by atoms with Crippen molar-refractivity contribution in [2.75, 3.05) is 13.0 Å². The van der Waals surface area contributed by atoms with Crippen LogP contribution in [0.2, 0.25) is 0 Å². The molecule has 78 valence electrons. The Hall–Kier alpha value is -1.97. The zero-order valence-corrected chi connectivity index (χ0v) is 8.77. The quantitative estimate of drug-likeness (QED) is 0.754. The van der Waals surface area contributed by atoms with Crippen molar-refractivity contribution in [3.8, 4) is 17.0 Å². The SMILES string of the molecule is COc1c(-c2ccccc2)c(C)nn1N. The van der Waals surface area contributed by atoms with Gasteiger partial charge in [0.2, 0.25) is 5.88 Å². The maximum Gasteiger partial charge on any atom is 0.239 e. The van der Waals surface area contributed by atoms with Crippen LogP contribution in [0.4, 0.5) is 0 Å². The number of aromatic nitrogens is 2. The summed E-state index contributed by atoms with van der Waals surface area (Å²) in [6, 6.07) is 9.93. The molecular weight excluding hydrogens is 190 g/mol. The van der Waals surface area contributed by atoms with E-state index in [1.165, 1.54) is 4.79 Å². The van der Waals surface area contributed by atoms with Crippen LogP contribution in [0.3, 0.4) is 0 Å². The lowest BCUT2D eigenvalue weighted by Gasteiger charge is -2.04. The van der Waals surface area contributed by atoms with E-state index in [4.69, 9.17) is 10.6 Å². The van der Waals surface area contributed by atoms with Crippen molar-refractivity contribution in [2.45, 2.75) is 6.92 Å². The number of ether oxygens (including phenoxy) is 1. The molecule has 2 rings (SSSR count). The molecule has 0 aliphatic carbocycles. The summed E-state index contributed by atoms with van der Waals surface area (Å²) in [5.41, 5.74) is 2.87. The Balaban J connectivity index is 2.62. The van der Waals surface area contributed by atoms with Crippen molar-refractivity contribution in [3.05, 3.63) is 36.0 Å². The molecule has 0 saturated carbocycles. The summed E-state index contributed by atoms with van der Waals surface area (Å²) in [7, 11) is 1.59. The van der Waals surface area contributed by atoms with Gasteiger partial charge in [-0.05, 0) is 12.5 Å². The Morgan fingerprint density at radius 3 is 2.53 bits per heavy atom. The predicted octanol–water partition coefficient (Wildman–Crippen LogP) is 1.58. The monoisotopic (exact) mass is 203 g/mol. The topological polar surface area (TPSA) is 53.1 Å². The molecule has 1 heterocycles. The summed E-state index contributed by atoms with van der Waals surface area (Å²) < 4.78 is 5.23. The molecule has 2 N–H and O–H groups in total. The molecule has 0 aliphatic heterocycles. The molecule has 0 spiro atoms. The maximum absolute atomic E-state index is 5.67. The van der Waals surface area contributed by atoms with E-state index in [-0.39, 0.29) is 0 Å². The first-order valence-corrected chi connectivity index (χ1v) is 4.68. The maximum atomic E-state index is 5.67. The first-order valence-electron chi connectivity index (χ1n) is 4.68. The van der Waals surface area contributed by atoms with Gasteiger partial charge in [0.15, 0.2) is 0 Å². The van der Waals surface area contributed by atoms with Crippen molar-refractivity contribution in [1.82, 2.24) is 9.89 Å². The minimum Gasteiger partial charge on any atom is -0.480 e. The van der Waals surface area contributed by atoms with Crippen LogP contribution in [0.1, 0.15) is 5.69 Å². The molecule has 0 amide bonds. The molecule has 0 saturated heterocycles. The molecule has 0 fully saturated rings. The fourth-order valence-corrected chi connectivity index (χ4v) is 1.66. The number of nitrogens with two attached hydrogens (primary N) is 1. The molecule has 2 aromatic rings. The van der Waals surface area contributed by atoms with E-state index in [9.17, 15) is 0 Å². The number of rotatable bonds is 2. The van der Waals surface area contributed by atoms with Gasteiger partial charge in [0.05, 0.1) is 18.4 Å². The predicted molar refractivity (Wildman–Crippen MR) is 59.1 cm³/mol.